The van der Waals surface area contributed by atoms with Gasteiger partial charge >= 0.3 is 0 Å². The number of nitriles is 1. The summed E-state index contributed by atoms with van der Waals surface area (Å²) >= 11 is 6.71. The molecule has 0 saturated carbocycles. The summed E-state index contributed by atoms with van der Waals surface area (Å²) in [6, 6.07) is 18.7. The van der Waals surface area contributed by atoms with E-state index in [1.807, 2.05) is 67.7 Å². The summed E-state index contributed by atoms with van der Waals surface area (Å²) in [7, 11) is 0. The van der Waals surface area contributed by atoms with Gasteiger partial charge in [-0.25, -0.2) is 0 Å². The van der Waals surface area contributed by atoms with E-state index in [1.165, 1.54) is 6.20 Å². The number of nitrogens with one attached hydrogen (secondary N) is 5. The average Bonchev–Trinajstić information content (AvgIpc) is 3.46. The maximum absolute atomic E-state index is 10.1. The molecule has 0 amide bonds. The summed E-state index contributed by atoms with van der Waals surface area (Å²) in [6.45, 7) is 1.80. The Morgan fingerprint density at radius 2 is 1.95 bits per heavy atom. The third kappa shape index (κ3) is 4.99. The highest BCUT2D eigenvalue weighted by Crippen LogP contribution is 2.37. The number of pyridine rings is 2. The van der Waals surface area contributed by atoms with Crippen LogP contribution in [0, 0.1) is 18.3 Å². The van der Waals surface area contributed by atoms with Crippen LogP contribution in [-0.2, 0) is 0 Å². The Balaban J connectivity index is 1.59. The molecule has 0 saturated heterocycles. The molecule has 2 aromatic heterocycles. The standard InChI is InChI=1S/C27H25ClN8O/c1-16-20(8-5-9-30-16)27(23-14-32-36-35-23)33-19-10-21-25(18(12-29)13-31-26(21)22(28)11-19)34-24(15-37)17-6-3-2-4-7-17/h2-11,13-14,24,27,32-33,35-37H,15H2,1H3,(H,31,34)/t24?,27-/m0/s1. The van der Waals surface area contributed by atoms with Gasteiger partial charge in [0.1, 0.15) is 6.07 Å². The Morgan fingerprint density at radius 3 is 2.65 bits per heavy atom. The zero-order valence-corrected chi connectivity index (χ0v) is 20.7. The van der Waals surface area contributed by atoms with Gasteiger partial charge in [-0.3, -0.25) is 9.97 Å². The molecular formula is C27H25ClN8O. The third-order valence-corrected chi connectivity index (χ3v) is 6.52. The Morgan fingerprint density at radius 1 is 1.11 bits per heavy atom. The van der Waals surface area contributed by atoms with Crippen molar-refractivity contribution < 1.29 is 5.11 Å². The summed E-state index contributed by atoms with van der Waals surface area (Å²) in [6.07, 6.45) is 5.09. The number of nitrogens with zero attached hydrogens (tertiary/aromatic N) is 3. The van der Waals surface area contributed by atoms with Crippen LogP contribution in [0.5, 0.6) is 0 Å². The number of rotatable bonds is 8. The van der Waals surface area contributed by atoms with Gasteiger partial charge in [0.15, 0.2) is 0 Å². The zero-order chi connectivity index (χ0) is 25.8. The number of benzene rings is 2. The summed E-state index contributed by atoms with van der Waals surface area (Å²) in [4.78, 5) is 8.90. The molecule has 0 radical (unpaired) electrons. The average molecular weight is 513 g/mol. The Hall–Kier alpha value is -4.36. The highest BCUT2D eigenvalue weighted by Gasteiger charge is 2.23. The molecule has 5 rings (SSSR count). The minimum Gasteiger partial charge on any atom is -0.394 e. The lowest BCUT2D eigenvalue weighted by Crippen LogP contribution is -2.34. The second-order valence-corrected chi connectivity index (χ2v) is 8.96. The Labute approximate surface area is 219 Å². The molecule has 37 heavy (non-hydrogen) atoms. The number of aliphatic hydroxyl groups excluding tert-OH is 1. The third-order valence-electron chi connectivity index (χ3n) is 6.24. The van der Waals surface area contributed by atoms with Gasteiger partial charge < -0.3 is 26.6 Å². The first-order chi connectivity index (χ1) is 18.1. The van der Waals surface area contributed by atoms with Crippen LogP contribution >= 0.6 is 11.6 Å². The van der Waals surface area contributed by atoms with Gasteiger partial charge in [0.05, 0.1) is 46.2 Å². The van der Waals surface area contributed by atoms with Gasteiger partial charge in [0, 0.05) is 40.9 Å². The molecule has 0 bridgehead atoms. The van der Waals surface area contributed by atoms with E-state index in [0.29, 0.717) is 27.2 Å². The normalized spacial score (nSPS) is 14.2. The number of halogens is 1. The zero-order valence-electron chi connectivity index (χ0n) is 20.0. The van der Waals surface area contributed by atoms with Crippen molar-refractivity contribution in [1.29, 1.82) is 5.26 Å². The smallest absolute Gasteiger partial charge is 0.103 e. The van der Waals surface area contributed by atoms with E-state index >= 15 is 0 Å². The maximum atomic E-state index is 10.1. The van der Waals surface area contributed by atoms with Crippen LogP contribution in [0.3, 0.4) is 0 Å². The molecule has 3 heterocycles. The molecule has 1 aliphatic rings. The van der Waals surface area contributed by atoms with Gasteiger partial charge in [-0.2, -0.15) is 10.8 Å². The minimum absolute atomic E-state index is 0.160. The number of hydrogen-bond donors (Lipinski definition) is 6. The molecule has 4 aromatic rings. The molecule has 1 aliphatic heterocycles. The van der Waals surface area contributed by atoms with E-state index in [1.54, 1.807) is 6.20 Å². The number of anilines is 2. The van der Waals surface area contributed by atoms with Gasteiger partial charge in [0.2, 0.25) is 0 Å². The predicted molar refractivity (Wildman–Crippen MR) is 144 cm³/mol. The van der Waals surface area contributed by atoms with Crippen LogP contribution in [-0.4, -0.2) is 21.7 Å². The van der Waals surface area contributed by atoms with E-state index in [-0.39, 0.29) is 12.6 Å². The van der Waals surface area contributed by atoms with Gasteiger partial charge in [-0.05, 0) is 30.7 Å². The van der Waals surface area contributed by atoms with E-state index < -0.39 is 6.04 Å². The van der Waals surface area contributed by atoms with Crippen molar-refractivity contribution >= 4 is 33.9 Å². The SMILES string of the molecule is Cc1ncccc1[C@H](Nc1cc(Cl)c2ncc(C#N)c(NC(CO)c3ccccc3)c2c1)C1=CNNN1. The summed E-state index contributed by atoms with van der Waals surface area (Å²) < 4.78 is 0. The molecular weight excluding hydrogens is 488 g/mol. The van der Waals surface area contributed by atoms with Crippen molar-refractivity contribution in [2.24, 2.45) is 0 Å². The molecule has 10 heteroatoms. The fraction of sp³-hybridized carbons (Fsp3) is 0.148. The van der Waals surface area contributed by atoms with Crippen molar-refractivity contribution in [1.82, 2.24) is 26.4 Å². The summed E-state index contributed by atoms with van der Waals surface area (Å²) in [5.41, 5.74) is 14.7. The van der Waals surface area contributed by atoms with E-state index in [9.17, 15) is 10.4 Å². The van der Waals surface area contributed by atoms with Crippen LogP contribution in [0.2, 0.25) is 5.02 Å². The highest BCUT2D eigenvalue weighted by molar-refractivity contribution is 6.35. The van der Waals surface area contributed by atoms with Crippen LogP contribution in [0.1, 0.15) is 34.5 Å². The second-order valence-electron chi connectivity index (χ2n) is 8.55. The Bertz CT molecular complexity index is 1500. The highest BCUT2D eigenvalue weighted by atomic mass is 35.5. The number of hydrogen-bond acceptors (Lipinski definition) is 9. The van der Waals surface area contributed by atoms with Crippen molar-refractivity contribution in [2.45, 2.75) is 19.0 Å². The van der Waals surface area contributed by atoms with E-state index in [2.05, 4.69) is 43.1 Å². The van der Waals surface area contributed by atoms with Gasteiger partial charge in [0.25, 0.3) is 0 Å². The molecule has 186 valence electrons. The fourth-order valence-corrected chi connectivity index (χ4v) is 4.65. The molecule has 0 aliphatic carbocycles. The number of fused-ring (bicyclic) bond motifs is 1. The van der Waals surface area contributed by atoms with Gasteiger partial charge in [-0.1, -0.05) is 48.0 Å². The fourth-order valence-electron chi connectivity index (χ4n) is 4.38. The monoisotopic (exact) mass is 512 g/mol. The minimum atomic E-state index is -0.426. The molecule has 2 aromatic carbocycles. The predicted octanol–water partition coefficient (Wildman–Crippen LogP) is 4.22. The lowest BCUT2D eigenvalue weighted by Gasteiger charge is -2.24. The summed E-state index contributed by atoms with van der Waals surface area (Å²) in [5.74, 6) is 0. The van der Waals surface area contributed by atoms with Crippen LogP contribution in [0.15, 0.2) is 78.9 Å². The molecule has 0 fully saturated rings. The van der Waals surface area contributed by atoms with Gasteiger partial charge in [-0.15, -0.1) is 0 Å². The molecule has 1 unspecified atom stereocenters. The van der Waals surface area contributed by atoms with Crippen LogP contribution < -0.4 is 27.0 Å². The molecule has 9 nitrogen and oxygen atoms in total. The first-order valence-electron chi connectivity index (χ1n) is 11.7. The second kappa shape index (κ2) is 10.7. The molecule has 0 spiro atoms. The largest absolute Gasteiger partial charge is 0.394 e. The Kier molecular flexibility index (Phi) is 7.05. The van der Waals surface area contributed by atoms with Crippen LogP contribution in [0.4, 0.5) is 11.4 Å². The number of aromatic nitrogens is 2. The van der Waals surface area contributed by atoms with Crippen molar-refractivity contribution in [3.8, 4) is 6.07 Å². The quantitative estimate of drug-likeness (QED) is 0.205. The van der Waals surface area contributed by atoms with E-state index in [0.717, 1.165) is 28.2 Å². The van der Waals surface area contributed by atoms with Crippen molar-refractivity contribution in [3.05, 3.63) is 106 Å². The number of hydrazine groups is 2. The number of aliphatic hydroxyl groups is 1. The van der Waals surface area contributed by atoms with Crippen LogP contribution in [0.25, 0.3) is 10.9 Å². The number of aryl methyl sites for hydroxylation is 1. The van der Waals surface area contributed by atoms with E-state index in [4.69, 9.17) is 11.6 Å². The lowest BCUT2D eigenvalue weighted by molar-refractivity contribution is 0.276. The summed E-state index contributed by atoms with van der Waals surface area (Å²) in [5, 5.41) is 28.0. The first-order valence-corrected chi connectivity index (χ1v) is 12.1. The van der Waals surface area contributed by atoms with Crippen molar-refractivity contribution in [2.75, 3.05) is 17.2 Å². The topological polar surface area (TPSA) is 130 Å². The van der Waals surface area contributed by atoms with Crippen molar-refractivity contribution in [3.63, 3.8) is 0 Å². The lowest BCUT2D eigenvalue weighted by atomic mass is 10.0. The molecule has 2 atom stereocenters. The first kappa shape index (κ1) is 24.3. The molecule has 6 N–H and O–H groups in total. The maximum Gasteiger partial charge on any atom is 0.103 e.